The summed E-state index contributed by atoms with van der Waals surface area (Å²) in [5.74, 6) is -4.28. The fourth-order valence-electron chi connectivity index (χ4n) is 0.634. The molecular formula is C14H26O8. The van der Waals surface area contributed by atoms with Crippen molar-refractivity contribution < 1.29 is 39.6 Å². The molecule has 0 aromatic heterocycles. The number of carbonyl (C=O) groups excluding carboxylic acids is 3. The molecule has 0 saturated heterocycles. The molecule has 0 fully saturated rings. The number of rotatable bonds is 5. The van der Waals surface area contributed by atoms with Crippen molar-refractivity contribution in [2.45, 2.75) is 59.9 Å². The predicted octanol–water partition coefficient (Wildman–Crippen LogP) is -0.431. The van der Waals surface area contributed by atoms with Crippen molar-refractivity contribution in [2.75, 3.05) is 0 Å². The minimum atomic E-state index is -1.47. The molecule has 0 radical (unpaired) electrons. The second kappa shape index (κ2) is 13.1. The summed E-state index contributed by atoms with van der Waals surface area (Å²) in [4.78, 5) is 40.9. The number of carboxylic acid groups (broad SMARTS) is 1. The summed E-state index contributed by atoms with van der Waals surface area (Å²) in [6, 6.07) is 0. The molecule has 3 unspecified atom stereocenters. The average Bonchev–Trinajstić information content (AvgIpc) is 2.27. The standard InChI is InChI=1S/C6H8O4.C4H10O2.C4H8O2/c1-3(7)5(4(2)8)6(9)10;2*1-3(5)4(2)6/h5H,1-2H3,(H,9,10);3-6H,1-2H3;3,5H,1-2H3. The van der Waals surface area contributed by atoms with Crippen LogP contribution in [-0.4, -0.2) is 62.1 Å². The monoisotopic (exact) mass is 322 g/mol. The lowest BCUT2D eigenvalue weighted by Gasteiger charge is -2.03. The summed E-state index contributed by atoms with van der Waals surface area (Å²) in [5.41, 5.74) is 0. The first-order chi connectivity index (χ1) is 9.75. The van der Waals surface area contributed by atoms with Crippen LogP contribution in [0.4, 0.5) is 0 Å². The number of ketones is 3. The summed E-state index contributed by atoms with van der Waals surface area (Å²) in [5, 5.41) is 33.3. The molecule has 0 heterocycles. The zero-order valence-corrected chi connectivity index (χ0v) is 13.7. The summed E-state index contributed by atoms with van der Waals surface area (Å²) in [6.07, 6.45) is -1.97. The highest BCUT2D eigenvalue weighted by molar-refractivity contribution is 6.15. The first-order valence-electron chi connectivity index (χ1n) is 6.53. The highest BCUT2D eigenvalue weighted by Crippen LogP contribution is 1.99. The topological polar surface area (TPSA) is 149 Å². The van der Waals surface area contributed by atoms with E-state index in [1.165, 1.54) is 13.8 Å². The van der Waals surface area contributed by atoms with Crippen molar-refractivity contribution in [3.05, 3.63) is 0 Å². The van der Waals surface area contributed by atoms with Gasteiger partial charge >= 0.3 is 5.97 Å². The SMILES string of the molecule is CC(=O)C(C(C)=O)C(=O)O.CC(=O)C(C)O.CC(O)C(C)O. The smallest absolute Gasteiger partial charge is 0.321 e. The number of carboxylic acids is 1. The third kappa shape index (κ3) is 16.4. The Morgan fingerprint density at radius 2 is 0.909 bits per heavy atom. The molecule has 0 aliphatic heterocycles. The van der Waals surface area contributed by atoms with Crippen LogP contribution < -0.4 is 0 Å². The van der Waals surface area contributed by atoms with Crippen LogP contribution in [0.5, 0.6) is 0 Å². The van der Waals surface area contributed by atoms with Crippen molar-refractivity contribution in [1.82, 2.24) is 0 Å². The zero-order valence-electron chi connectivity index (χ0n) is 13.7. The quantitative estimate of drug-likeness (QED) is 0.498. The molecule has 8 heteroatoms. The van der Waals surface area contributed by atoms with Gasteiger partial charge < -0.3 is 20.4 Å². The number of aliphatic hydroxyl groups excluding tert-OH is 3. The largest absolute Gasteiger partial charge is 0.480 e. The number of aliphatic hydroxyl groups is 3. The van der Waals surface area contributed by atoms with Crippen LogP contribution >= 0.6 is 0 Å². The maximum atomic E-state index is 10.4. The number of carbonyl (C=O) groups is 4. The molecule has 0 aliphatic carbocycles. The minimum absolute atomic E-state index is 0.185. The normalized spacial score (nSPS) is 13.5. The van der Waals surface area contributed by atoms with Gasteiger partial charge in [0.2, 0.25) is 0 Å². The second-order valence-electron chi connectivity index (χ2n) is 4.76. The second-order valence-corrected chi connectivity index (χ2v) is 4.76. The third-order valence-electron chi connectivity index (χ3n) is 2.35. The van der Waals surface area contributed by atoms with E-state index in [4.69, 9.17) is 20.4 Å². The van der Waals surface area contributed by atoms with E-state index in [1.54, 1.807) is 13.8 Å². The molecule has 22 heavy (non-hydrogen) atoms. The predicted molar refractivity (Wildman–Crippen MR) is 78.2 cm³/mol. The van der Waals surface area contributed by atoms with E-state index in [2.05, 4.69) is 0 Å². The molecule has 0 amide bonds. The molecule has 0 bridgehead atoms. The maximum Gasteiger partial charge on any atom is 0.321 e. The Morgan fingerprint density at radius 1 is 0.682 bits per heavy atom. The van der Waals surface area contributed by atoms with Crippen LogP contribution in [-0.2, 0) is 19.2 Å². The molecule has 0 aromatic carbocycles. The average molecular weight is 322 g/mol. The minimum Gasteiger partial charge on any atom is -0.480 e. The van der Waals surface area contributed by atoms with Crippen LogP contribution in [0.2, 0.25) is 0 Å². The van der Waals surface area contributed by atoms with Crippen molar-refractivity contribution in [3.63, 3.8) is 0 Å². The van der Waals surface area contributed by atoms with Gasteiger partial charge in [-0.2, -0.15) is 0 Å². The number of aliphatic carboxylic acids is 1. The van der Waals surface area contributed by atoms with Crippen LogP contribution in [0.15, 0.2) is 0 Å². The van der Waals surface area contributed by atoms with E-state index in [0.717, 1.165) is 13.8 Å². The summed E-state index contributed by atoms with van der Waals surface area (Å²) >= 11 is 0. The fourth-order valence-corrected chi connectivity index (χ4v) is 0.634. The van der Waals surface area contributed by atoms with Crippen LogP contribution in [0.1, 0.15) is 41.5 Å². The van der Waals surface area contributed by atoms with Gasteiger partial charge in [0.05, 0.1) is 12.2 Å². The maximum absolute atomic E-state index is 10.4. The van der Waals surface area contributed by atoms with Crippen molar-refractivity contribution in [2.24, 2.45) is 5.92 Å². The Labute approximate surface area is 129 Å². The van der Waals surface area contributed by atoms with Crippen molar-refractivity contribution in [3.8, 4) is 0 Å². The zero-order chi connectivity index (χ0) is 18.6. The molecule has 0 rings (SSSR count). The lowest BCUT2D eigenvalue weighted by Crippen LogP contribution is -2.27. The first-order valence-corrected chi connectivity index (χ1v) is 6.53. The first kappa shape index (κ1) is 25.3. The molecular weight excluding hydrogens is 296 g/mol. The molecule has 130 valence electrons. The van der Waals surface area contributed by atoms with Gasteiger partial charge in [0.15, 0.2) is 23.3 Å². The van der Waals surface area contributed by atoms with Crippen molar-refractivity contribution >= 4 is 23.3 Å². The number of hydrogen-bond acceptors (Lipinski definition) is 7. The molecule has 0 aromatic rings. The Balaban J connectivity index is -0.000000261. The molecule has 0 aliphatic rings. The van der Waals surface area contributed by atoms with Gasteiger partial charge in [0.25, 0.3) is 0 Å². The van der Waals surface area contributed by atoms with Gasteiger partial charge in [-0.3, -0.25) is 19.2 Å². The Bertz CT molecular complexity index is 332. The Kier molecular flexibility index (Phi) is 15.0. The molecule has 3 atom stereocenters. The summed E-state index contributed by atoms with van der Waals surface area (Å²) in [6.45, 7) is 8.06. The van der Waals surface area contributed by atoms with Gasteiger partial charge in [0.1, 0.15) is 6.10 Å². The number of Topliss-reactive ketones (excluding diaryl/α,β-unsaturated/α-hetero) is 3. The highest BCUT2D eigenvalue weighted by atomic mass is 16.4. The van der Waals surface area contributed by atoms with E-state index in [1.807, 2.05) is 0 Å². The van der Waals surface area contributed by atoms with E-state index < -0.39 is 41.8 Å². The van der Waals surface area contributed by atoms with E-state index in [9.17, 15) is 19.2 Å². The summed E-state index contributed by atoms with van der Waals surface area (Å²) in [7, 11) is 0. The van der Waals surface area contributed by atoms with Gasteiger partial charge in [-0.05, 0) is 41.5 Å². The van der Waals surface area contributed by atoms with Crippen LogP contribution in [0, 0.1) is 5.92 Å². The van der Waals surface area contributed by atoms with Crippen molar-refractivity contribution in [1.29, 1.82) is 0 Å². The van der Waals surface area contributed by atoms with Gasteiger partial charge in [0, 0.05) is 0 Å². The lowest BCUT2D eigenvalue weighted by atomic mass is 10.0. The van der Waals surface area contributed by atoms with E-state index >= 15 is 0 Å². The van der Waals surface area contributed by atoms with Gasteiger partial charge in [-0.1, -0.05) is 0 Å². The molecule has 4 N–H and O–H groups in total. The Hall–Kier alpha value is -1.64. The Morgan fingerprint density at radius 3 is 0.909 bits per heavy atom. The fraction of sp³-hybridized carbons (Fsp3) is 0.714. The lowest BCUT2D eigenvalue weighted by molar-refractivity contribution is -0.149. The van der Waals surface area contributed by atoms with E-state index in [-0.39, 0.29) is 5.78 Å². The summed E-state index contributed by atoms with van der Waals surface area (Å²) < 4.78 is 0. The van der Waals surface area contributed by atoms with Gasteiger partial charge in [-0.15, -0.1) is 0 Å². The molecule has 0 saturated carbocycles. The van der Waals surface area contributed by atoms with Gasteiger partial charge in [-0.25, -0.2) is 0 Å². The van der Waals surface area contributed by atoms with Crippen LogP contribution in [0.25, 0.3) is 0 Å². The van der Waals surface area contributed by atoms with Crippen LogP contribution in [0.3, 0.4) is 0 Å². The molecule has 0 spiro atoms. The molecule has 8 nitrogen and oxygen atoms in total. The third-order valence-corrected chi connectivity index (χ3v) is 2.35. The highest BCUT2D eigenvalue weighted by Gasteiger charge is 2.26. The number of hydrogen-bond donors (Lipinski definition) is 4. The van der Waals surface area contributed by atoms with E-state index in [0.29, 0.717) is 0 Å².